The highest BCUT2D eigenvalue weighted by Gasteiger charge is 2.43. The van der Waals surface area contributed by atoms with E-state index in [0.29, 0.717) is 13.0 Å². The molecular formula is C18H34N2O4. The molecule has 0 aromatic carbocycles. The first kappa shape index (κ1) is 20.7. The van der Waals surface area contributed by atoms with E-state index in [-0.39, 0.29) is 23.2 Å². The monoisotopic (exact) mass is 342 g/mol. The summed E-state index contributed by atoms with van der Waals surface area (Å²) < 4.78 is 11.5. The molecule has 0 saturated carbocycles. The molecule has 1 rings (SSSR count). The van der Waals surface area contributed by atoms with Gasteiger partial charge in [-0.05, 0) is 62.3 Å². The van der Waals surface area contributed by atoms with Crippen molar-refractivity contribution in [2.24, 2.45) is 0 Å². The van der Waals surface area contributed by atoms with Gasteiger partial charge >= 0.3 is 6.09 Å². The number of ether oxygens (including phenoxy) is 2. The fourth-order valence-corrected chi connectivity index (χ4v) is 2.61. The van der Waals surface area contributed by atoms with Crippen molar-refractivity contribution in [2.75, 3.05) is 6.54 Å². The van der Waals surface area contributed by atoms with Gasteiger partial charge in [0.2, 0.25) is 5.91 Å². The molecular weight excluding hydrogens is 308 g/mol. The Morgan fingerprint density at radius 2 is 1.50 bits per heavy atom. The Labute approximate surface area is 146 Å². The van der Waals surface area contributed by atoms with Crippen LogP contribution in [0.15, 0.2) is 0 Å². The van der Waals surface area contributed by atoms with E-state index in [1.54, 1.807) is 0 Å². The van der Waals surface area contributed by atoms with Crippen molar-refractivity contribution in [3.05, 3.63) is 0 Å². The van der Waals surface area contributed by atoms with E-state index in [2.05, 4.69) is 5.32 Å². The summed E-state index contributed by atoms with van der Waals surface area (Å²) in [5, 5.41) is 2.95. The molecule has 0 aromatic rings. The van der Waals surface area contributed by atoms with Gasteiger partial charge in [-0.25, -0.2) is 4.79 Å². The van der Waals surface area contributed by atoms with E-state index >= 15 is 0 Å². The average Bonchev–Trinajstić information content (AvgIpc) is 2.65. The molecule has 0 bridgehead atoms. The van der Waals surface area contributed by atoms with Gasteiger partial charge in [-0.3, -0.25) is 9.69 Å². The molecule has 0 aromatic heterocycles. The molecule has 6 heteroatoms. The number of carbonyl (C=O) groups excluding carboxylic acids is 2. The van der Waals surface area contributed by atoms with E-state index in [1.165, 1.54) is 4.90 Å². The maximum Gasteiger partial charge on any atom is 0.411 e. The van der Waals surface area contributed by atoms with Gasteiger partial charge in [0.1, 0.15) is 11.6 Å². The van der Waals surface area contributed by atoms with E-state index in [4.69, 9.17) is 9.47 Å². The summed E-state index contributed by atoms with van der Waals surface area (Å²) >= 11 is 0. The third-order valence-electron chi connectivity index (χ3n) is 3.21. The largest absolute Gasteiger partial charge is 0.444 e. The maximum atomic E-state index is 12.6. The van der Waals surface area contributed by atoms with Gasteiger partial charge in [0.25, 0.3) is 0 Å². The lowest BCUT2D eigenvalue weighted by molar-refractivity contribution is -0.127. The van der Waals surface area contributed by atoms with Gasteiger partial charge in [0.15, 0.2) is 0 Å². The number of carbonyl (C=O) groups is 2. The van der Waals surface area contributed by atoms with Gasteiger partial charge in [0.05, 0.1) is 18.2 Å². The van der Waals surface area contributed by atoms with Crippen LogP contribution in [0.3, 0.4) is 0 Å². The number of nitrogens with one attached hydrogen (secondary N) is 1. The Kier molecular flexibility index (Phi) is 5.97. The number of hydrogen-bond donors (Lipinski definition) is 1. The van der Waals surface area contributed by atoms with Crippen molar-refractivity contribution >= 4 is 12.0 Å². The summed E-state index contributed by atoms with van der Waals surface area (Å²) in [4.78, 5) is 26.6. The Hall–Kier alpha value is -1.30. The van der Waals surface area contributed by atoms with Crippen LogP contribution in [0.4, 0.5) is 4.79 Å². The van der Waals surface area contributed by atoms with Crippen LogP contribution in [-0.4, -0.2) is 52.3 Å². The Balaban J connectivity index is 2.93. The SMILES string of the molecule is CC(C)(C)NC(=O)[C@@H]1C[C@@H](OC(C)(C)C)CN1C(=O)OC(C)(C)C. The first-order valence-corrected chi connectivity index (χ1v) is 8.57. The third kappa shape index (κ3) is 7.07. The fraction of sp³-hybridized carbons (Fsp3) is 0.889. The molecule has 1 saturated heterocycles. The molecule has 0 spiro atoms. The van der Waals surface area contributed by atoms with Crippen molar-refractivity contribution in [1.82, 2.24) is 10.2 Å². The summed E-state index contributed by atoms with van der Waals surface area (Å²) in [5.74, 6) is -0.173. The highest BCUT2D eigenvalue weighted by atomic mass is 16.6. The first-order chi connectivity index (χ1) is 10.6. The summed E-state index contributed by atoms with van der Waals surface area (Å²) in [7, 11) is 0. The van der Waals surface area contributed by atoms with Crippen LogP contribution in [0, 0.1) is 0 Å². The zero-order valence-electron chi connectivity index (χ0n) is 16.6. The number of nitrogens with zero attached hydrogens (tertiary/aromatic N) is 1. The highest BCUT2D eigenvalue weighted by Crippen LogP contribution is 2.27. The van der Waals surface area contributed by atoms with Crippen LogP contribution >= 0.6 is 0 Å². The number of amides is 2. The van der Waals surface area contributed by atoms with E-state index in [9.17, 15) is 9.59 Å². The van der Waals surface area contributed by atoms with Crippen LogP contribution in [0.5, 0.6) is 0 Å². The molecule has 1 aliphatic rings. The van der Waals surface area contributed by atoms with Gasteiger partial charge in [0, 0.05) is 12.0 Å². The minimum atomic E-state index is -0.606. The lowest BCUT2D eigenvalue weighted by Gasteiger charge is -2.30. The fourth-order valence-electron chi connectivity index (χ4n) is 2.61. The molecule has 24 heavy (non-hydrogen) atoms. The smallest absolute Gasteiger partial charge is 0.411 e. The van der Waals surface area contributed by atoms with Gasteiger partial charge in [-0.2, -0.15) is 0 Å². The van der Waals surface area contributed by atoms with E-state index in [1.807, 2.05) is 62.3 Å². The molecule has 140 valence electrons. The molecule has 6 nitrogen and oxygen atoms in total. The average molecular weight is 342 g/mol. The summed E-state index contributed by atoms with van der Waals surface area (Å²) in [5.41, 5.74) is -1.30. The van der Waals surface area contributed by atoms with Crippen molar-refractivity contribution < 1.29 is 19.1 Å². The van der Waals surface area contributed by atoms with Crippen molar-refractivity contribution in [3.63, 3.8) is 0 Å². The minimum Gasteiger partial charge on any atom is -0.444 e. The highest BCUT2D eigenvalue weighted by molar-refractivity contribution is 5.87. The summed E-state index contributed by atoms with van der Waals surface area (Å²) in [6, 6.07) is -0.577. The van der Waals surface area contributed by atoms with Gasteiger partial charge in [-0.1, -0.05) is 0 Å². The maximum absolute atomic E-state index is 12.6. The van der Waals surface area contributed by atoms with Crippen LogP contribution in [0.1, 0.15) is 68.7 Å². The molecule has 1 heterocycles. The molecule has 0 unspecified atom stereocenters. The van der Waals surface area contributed by atoms with E-state index < -0.39 is 17.7 Å². The Morgan fingerprint density at radius 1 is 0.958 bits per heavy atom. The molecule has 0 aliphatic carbocycles. The second-order valence-corrected chi connectivity index (χ2v) is 9.48. The molecule has 2 amide bonds. The van der Waals surface area contributed by atoms with Crippen molar-refractivity contribution in [2.45, 2.75) is 97.6 Å². The molecule has 1 aliphatic heterocycles. The zero-order valence-corrected chi connectivity index (χ0v) is 16.6. The Morgan fingerprint density at radius 3 is 1.92 bits per heavy atom. The molecule has 2 atom stereocenters. The van der Waals surface area contributed by atoms with Crippen LogP contribution in [0.25, 0.3) is 0 Å². The van der Waals surface area contributed by atoms with Crippen LogP contribution in [0.2, 0.25) is 0 Å². The second-order valence-electron chi connectivity index (χ2n) is 9.48. The second kappa shape index (κ2) is 6.90. The van der Waals surface area contributed by atoms with E-state index in [0.717, 1.165) is 0 Å². The number of hydrogen-bond acceptors (Lipinski definition) is 4. The summed E-state index contributed by atoms with van der Waals surface area (Å²) in [6.45, 7) is 17.4. The lowest BCUT2D eigenvalue weighted by Crippen LogP contribution is -2.52. The molecule has 1 N–H and O–H groups in total. The van der Waals surface area contributed by atoms with Crippen LogP contribution in [-0.2, 0) is 14.3 Å². The summed E-state index contributed by atoms with van der Waals surface area (Å²) in [6.07, 6.45) is -0.192. The minimum absolute atomic E-state index is 0.173. The zero-order chi connectivity index (χ0) is 18.9. The number of rotatable bonds is 2. The topological polar surface area (TPSA) is 67.9 Å². The van der Waals surface area contributed by atoms with Crippen LogP contribution < -0.4 is 5.32 Å². The predicted octanol–water partition coefficient (Wildman–Crippen LogP) is 3.09. The third-order valence-corrected chi connectivity index (χ3v) is 3.21. The molecule has 1 fully saturated rings. The first-order valence-electron chi connectivity index (χ1n) is 8.57. The standard InChI is InChI=1S/C18H34N2O4/c1-16(2,3)19-14(21)13-10-12(23-17(4,5)6)11-20(13)15(22)24-18(7,8)9/h12-13H,10-11H2,1-9H3,(H,19,21)/t12-,13+/m1/s1. The number of likely N-dealkylation sites (tertiary alicyclic amines) is 1. The van der Waals surface area contributed by atoms with Gasteiger partial charge in [-0.15, -0.1) is 0 Å². The molecule has 0 radical (unpaired) electrons. The van der Waals surface area contributed by atoms with Gasteiger partial charge < -0.3 is 14.8 Å². The Bertz CT molecular complexity index is 433. The quantitative estimate of drug-likeness (QED) is 0.837. The predicted molar refractivity (Wildman–Crippen MR) is 93.9 cm³/mol. The van der Waals surface area contributed by atoms with Crippen molar-refractivity contribution in [1.29, 1.82) is 0 Å². The normalized spacial score (nSPS) is 22.5. The van der Waals surface area contributed by atoms with Crippen molar-refractivity contribution in [3.8, 4) is 0 Å². The lowest BCUT2D eigenvalue weighted by atomic mass is 10.1.